The number of piperidine rings is 1. The number of aryl methyl sites for hydroxylation is 1. The lowest BCUT2D eigenvalue weighted by Crippen LogP contribution is -2.47. The Kier molecular flexibility index (Phi) is 8.49. The zero-order valence-corrected chi connectivity index (χ0v) is 21.1. The van der Waals surface area contributed by atoms with E-state index in [-0.39, 0.29) is 30.2 Å². The molecule has 3 rings (SSSR count). The number of ether oxygens (including phenoxy) is 3. The smallest absolute Gasteiger partial charge is 0.310 e. The van der Waals surface area contributed by atoms with Gasteiger partial charge in [-0.05, 0) is 44.9 Å². The molecule has 1 aliphatic rings. The molecule has 2 aromatic rings. The fourth-order valence-electron chi connectivity index (χ4n) is 3.89. The molecule has 0 bridgehead atoms. The molecule has 9 nitrogen and oxygen atoms in total. The van der Waals surface area contributed by atoms with E-state index in [0.29, 0.717) is 53.2 Å². The summed E-state index contributed by atoms with van der Waals surface area (Å²) in [6, 6.07) is 5.46. The van der Waals surface area contributed by atoms with Gasteiger partial charge in [0.25, 0.3) is 5.91 Å². The third-order valence-corrected chi connectivity index (χ3v) is 6.93. The van der Waals surface area contributed by atoms with Crippen molar-refractivity contribution in [2.75, 3.05) is 47.5 Å². The van der Waals surface area contributed by atoms with E-state index < -0.39 is 0 Å². The largest absolute Gasteiger partial charge is 0.493 e. The average molecular weight is 490 g/mol. The minimum atomic E-state index is -0.313. The number of benzene rings is 1. The Morgan fingerprint density at radius 1 is 1.21 bits per heavy atom. The molecule has 1 aliphatic heterocycles. The SMILES string of the molecule is CCOC(=O)C1CCCN(C(=O)CN(C)C(=O)c2sc(-c3ccc(OC)c(OC)c3)nc2C)C1. The molecule has 0 radical (unpaired) electrons. The van der Waals surface area contributed by atoms with Crippen LogP contribution in [0.2, 0.25) is 0 Å². The number of carbonyl (C=O) groups is 3. The number of nitrogens with zero attached hydrogens (tertiary/aromatic N) is 3. The lowest BCUT2D eigenvalue weighted by Gasteiger charge is -2.32. The summed E-state index contributed by atoms with van der Waals surface area (Å²) in [5, 5.41) is 0.676. The number of hydrogen-bond acceptors (Lipinski definition) is 8. The van der Waals surface area contributed by atoms with E-state index in [9.17, 15) is 14.4 Å². The number of aromatic nitrogens is 1. The molecule has 2 amide bonds. The molecule has 1 aromatic carbocycles. The highest BCUT2D eigenvalue weighted by molar-refractivity contribution is 7.17. The molecule has 1 unspecified atom stereocenters. The lowest BCUT2D eigenvalue weighted by atomic mass is 9.98. The molecule has 0 saturated carbocycles. The van der Waals surface area contributed by atoms with Gasteiger partial charge in [0.15, 0.2) is 11.5 Å². The van der Waals surface area contributed by atoms with Gasteiger partial charge in [-0.15, -0.1) is 11.3 Å². The van der Waals surface area contributed by atoms with Crippen LogP contribution < -0.4 is 9.47 Å². The van der Waals surface area contributed by atoms with Crippen LogP contribution in [0.3, 0.4) is 0 Å². The second kappa shape index (κ2) is 11.3. The summed E-state index contributed by atoms with van der Waals surface area (Å²) in [6.07, 6.45) is 1.44. The maximum atomic E-state index is 13.1. The van der Waals surface area contributed by atoms with Gasteiger partial charge in [-0.25, -0.2) is 4.98 Å². The number of hydrogen-bond donors (Lipinski definition) is 0. The number of likely N-dealkylation sites (N-methyl/N-ethyl adjacent to an activating group) is 1. The summed E-state index contributed by atoms with van der Waals surface area (Å²) in [5.41, 5.74) is 1.40. The first-order valence-corrected chi connectivity index (χ1v) is 12.0. The monoisotopic (exact) mass is 489 g/mol. The van der Waals surface area contributed by atoms with E-state index in [4.69, 9.17) is 14.2 Å². The zero-order chi connectivity index (χ0) is 24.8. The van der Waals surface area contributed by atoms with Gasteiger partial charge in [-0.1, -0.05) is 0 Å². The molecular weight excluding hydrogens is 458 g/mol. The van der Waals surface area contributed by atoms with Gasteiger partial charge in [-0.2, -0.15) is 0 Å². The van der Waals surface area contributed by atoms with Crippen molar-refractivity contribution >= 4 is 29.1 Å². The van der Waals surface area contributed by atoms with Gasteiger partial charge >= 0.3 is 5.97 Å². The maximum absolute atomic E-state index is 13.1. The Bertz CT molecular complexity index is 1050. The summed E-state index contributed by atoms with van der Waals surface area (Å²) in [4.78, 5) is 46.1. The van der Waals surface area contributed by atoms with Gasteiger partial charge in [-0.3, -0.25) is 14.4 Å². The Morgan fingerprint density at radius 2 is 1.94 bits per heavy atom. The van der Waals surface area contributed by atoms with Gasteiger partial charge in [0.1, 0.15) is 9.88 Å². The second-order valence-corrected chi connectivity index (χ2v) is 9.09. The first-order chi connectivity index (χ1) is 16.3. The summed E-state index contributed by atoms with van der Waals surface area (Å²) < 4.78 is 15.7. The van der Waals surface area contributed by atoms with Crippen molar-refractivity contribution in [3.05, 3.63) is 28.8 Å². The number of amides is 2. The third kappa shape index (κ3) is 5.67. The van der Waals surface area contributed by atoms with E-state index >= 15 is 0 Å². The first kappa shape index (κ1) is 25.5. The normalized spacial score (nSPS) is 15.6. The van der Waals surface area contributed by atoms with Crippen molar-refractivity contribution in [3.63, 3.8) is 0 Å². The van der Waals surface area contributed by atoms with Crippen LogP contribution in [0, 0.1) is 12.8 Å². The fraction of sp³-hybridized carbons (Fsp3) is 0.500. The number of carbonyl (C=O) groups excluding carboxylic acids is 3. The molecule has 0 spiro atoms. The molecule has 1 fully saturated rings. The lowest BCUT2D eigenvalue weighted by molar-refractivity contribution is -0.151. The van der Waals surface area contributed by atoms with Crippen molar-refractivity contribution in [1.29, 1.82) is 0 Å². The standard InChI is InChI=1S/C24H31N3O6S/c1-6-33-24(30)17-8-7-11-27(13-17)20(28)14-26(3)23(29)21-15(2)25-22(34-21)16-9-10-18(31-4)19(12-16)32-5/h9-10,12,17H,6-8,11,13-14H2,1-5H3. The summed E-state index contributed by atoms with van der Waals surface area (Å²) in [7, 11) is 4.73. The third-order valence-electron chi connectivity index (χ3n) is 5.73. The molecular formula is C24H31N3O6S. The molecule has 10 heteroatoms. The number of methoxy groups -OCH3 is 2. The molecule has 2 heterocycles. The summed E-state index contributed by atoms with van der Waals surface area (Å²) in [5.74, 6) is 0.142. The molecule has 1 aromatic heterocycles. The van der Waals surface area contributed by atoms with Crippen LogP contribution in [0.15, 0.2) is 18.2 Å². The number of thiazole rings is 1. The Hall–Kier alpha value is -3.14. The minimum absolute atomic E-state index is 0.0720. The average Bonchev–Trinajstić information content (AvgIpc) is 3.24. The summed E-state index contributed by atoms with van der Waals surface area (Å²) >= 11 is 1.27. The molecule has 0 aliphatic carbocycles. The minimum Gasteiger partial charge on any atom is -0.493 e. The van der Waals surface area contributed by atoms with Crippen LogP contribution in [-0.4, -0.2) is 80.1 Å². The Balaban J connectivity index is 1.68. The van der Waals surface area contributed by atoms with Crippen LogP contribution in [0.5, 0.6) is 11.5 Å². The predicted octanol–water partition coefficient (Wildman–Crippen LogP) is 3.01. The van der Waals surface area contributed by atoms with Crippen LogP contribution >= 0.6 is 11.3 Å². The van der Waals surface area contributed by atoms with E-state index in [2.05, 4.69) is 4.98 Å². The molecule has 184 valence electrons. The molecule has 34 heavy (non-hydrogen) atoms. The van der Waals surface area contributed by atoms with Crippen molar-refractivity contribution in [3.8, 4) is 22.1 Å². The van der Waals surface area contributed by atoms with Gasteiger partial charge in [0, 0.05) is 25.7 Å². The topological polar surface area (TPSA) is 98.3 Å². The molecule has 0 N–H and O–H groups in total. The van der Waals surface area contributed by atoms with Crippen molar-refractivity contribution in [2.24, 2.45) is 5.92 Å². The highest BCUT2D eigenvalue weighted by Gasteiger charge is 2.30. The van der Waals surface area contributed by atoms with E-state index in [1.54, 1.807) is 46.1 Å². The van der Waals surface area contributed by atoms with Crippen LogP contribution in [0.4, 0.5) is 0 Å². The first-order valence-electron chi connectivity index (χ1n) is 11.2. The Morgan fingerprint density at radius 3 is 2.62 bits per heavy atom. The van der Waals surface area contributed by atoms with Crippen LogP contribution in [0.1, 0.15) is 35.1 Å². The van der Waals surface area contributed by atoms with Crippen molar-refractivity contribution < 1.29 is 28.6 Å². The molecule has 1 saturated heterocycles. The number of rotatable bonds is 8. The fourth-order valence-corrected chi connectivity index (χ4v) is 4.95. The van der Waals surface area contributed by atoms with Gasteiger partial charge in [0.2, 0.25) is 5.91 Å². The highest BCUT2D eigenvalue weighted by Crippen LogP contribution is 2.35. The van der Waals surface area contributed by atoms with E-state index in [0.717, 1.165) is 12.0 Å². The van der Waals surface area contributed by atoms with Crippen molar-refractivity contribution in [2.45, 2.75) is 26.7 Å². The zero-order valence-electron chi connectivity index (χ0n) is 20.3. The van der Waals surface area contributed by atoms with E-state index in [1.807, 2.05) is 12.1 Å². The second-order valence-electron chi connectivity index (χ2n) is 8.10. The summed E-state index contributed by atoms with van der Waals surface area (Å²) in [6.45, 7) is 4.68. The van der Waals surface area contributed by atoms with Crippen molar-refractivity contribution in [1.82, 2.24) is 14.8 Å². The van der Waals surface area contributed by atoms with E-state index in [1.165, 1.54) is 16.2 Å². The van der Waals surface area contributed by atoms with Gasteiger partial charge < -0.3 is 24.0 Å². The number of esters is 1. The highest BCUT2D eigenvalue weighted by atomic mass is 32.1. The number of likely N-dealkylation sites (tertiary alicyclic amines) is 1. The van der Waals surface area contributed by atoms with Crippen LogP contribution in [0.25, 0.3) is 10.6 Å². The predicted molar refractivity (Wildman–Crippen MR) is 128 cm³/mol. The van der Waals surface area contributed by atoms with Gasteiger partial charge in [0.05, 0.1) is 39.0 Å². The van der Waals surface area contributed by atoms with Crippen LogP contribution in [-0.2, 0) is 14.3 Å². The quantitative estimate of drug-likeness (QED) is 0.526. The maximum Gasteiger partial charge on any atom is 0.310 e. The molecule has 1 atom stereocenters. The Labute approximate surface area is 203 Å².